The monoisotopic (exact) mass is 373 g/mol. The van der Waals surface area contributed by atoms with Gasteiger partial charge in [0.2, 0.25) is 5.91 Å². The molecule has 1 heterocycles. The molecule has 2 atom stereocenters. The normalized spacial score (nSPS) is 23.8. The number of carbonyl (C=O) groups is 1. The van der Waals surface area contributed by atoms with Crippen LogP contribution in [0.25, 0.3) is 0 Å². The topological polar surface area (TPSA) is 20.3 Å². The molecule has 0 bridgehead atoms. The summed E-state index contributed by atoms with van der Waals surface area (Å²) in [5, 5.41) is 1.47. The van der Waals surface area contributed by atoms with Crippen LogP contribution in [0.1, 0.15) is 48.8 Å². The Bertz CT molecular complexity index is 770. The lowest BCUT2D eigenvalue weighted by molar-refractivity contribution is -0.137. The Hall–Kier alpha value is -1.51. The first-order valence-electron chi connectivity index (χ1n) is 8.92. The maximum absolute atomic E-state index is 12.7. The Morgan fingerprint density at radius 3 is 2.36 bits per heavy atom. The van der Waals surface area contributed by atoms with Crippen LogP contribution in [0.2, 0.25) is 10.0 Å². The quantitative estimate of drug-likeness (QED) is 0.657. The van der Waals surface area contributed by atoms with Gasteiger partial charge in [0.25, 0.3) is 0 Å². The van der Waals surface area contributed by atoms with Gasteiger partial charge in [0, 0.05) is 28.9 Å². The largest absolute Gasteiger partial charge is 0.335 e. The molecule has 4 heteroatoms. The maximum atomic E-state index is 12.7. The number of halogens is 2. The van der Waals surface area contributed by atoms with E-state index >= 15 is 0 Å². The van der Waals surface area contributed by atoms with Crippen LogP contribution in [0.3, 0.4) is 0 Å². The molecule has 130 valence electrons. The van der Waals surface area contributed by atoms with Crippen molar-refractivity contribution >= 4 is 29.1 Å². The van der Waals surface area contributed by atoms with Crippen molar-refractivity contribution in [3.8, 4) is 0 Å². The van der Waals surface area contributed by atoms with Gasteiger partial charge in [-0.25, -0.2) is 0 Å². The van der Waals surface area contributed by atoms with Crippen LogP contribution >= 0.6 is 23.2 Å². The number of benzene rings is 2. The third-order valence-corrected chi connectivity index (χ3v) is 5.83. The molecule has 1 saturated heterocycles. The van der Waals surface area contributed by atoms with Crippen LogP contribution in [0.15, 0.2) is 48.5 Å². The second-order valence-electron chi connectivity index (χ2n) is 7.19. The van der Waals surface area contributed by atoms with E-state index in [9.17, 15) is 4.79 Å². The van der Waals surface area contributed by atoms with Crippen molar-refractivity contribution in [2.45, 2.75) is 37.6 Å². The van der Waals surface area contributed by atoms with Gasteiger partial charge >= 0.3 is 0 Å². The number of hydrogen-bond acceptors (Lipinski definition) is 1. The summed E-state index contributed by atoms with van der Waals surface area (Å²) in [7, 11) is 0. The van der Waals surface area contributed by atoms with E-state index in [0.29, 0.717) is 12.3 Å². The van der Waals surface area contributed by atoms with Gasteiger partial charge in [-0.3, -0.25) is 4.79 Å². The molecule has 1 amide bonds. The highest BCUT2D eigenvalue weighted by atomic mass is 35.5. The van der Waals surface area contributed by atoms with Gasteiger partial charge in [0.05, 0.1) is 6.04 Å². The summed E-state index contributed by atoms with van der Waals surface area (Å²) in [6, 6.07) is 16.1. The van der Waals surface area contributed by atoms with Crippen LogP contribution in [0.5, 0.6) is 0 Å². The third-order valence-electron chi connectivity index (χ3n) is 5.35. The lowest BCUT2D eigenvalue weighted by atomic mass is 9.79. The molecule has 2 aliphatic rings. The summed E-state index contributed by atoms with van der Waals surface area (Å²) in [5.74, 6) is 1.19. The first kappa shape index (κ1) is 16.9. The van der Waals surface area contributed by atoms with Crippen molar-refractivity contribution in [2.75, 3.05) is 6.54 Å². The molecule has 4 rings (SSSR count). The standard InChI is InChI=1S/C21H21Cl2NO/c22-17-8-6-15(7-9-17)21-19(16-2-1-3-18(23)12-16)10-11-20(25)24(21)13-14-4-5-14/h1-3,6-9,12,14,19,21H,4-5,10-11,13H2. The van der Waals surface area contributed by atoms with Crippen LogP contribution in [-0.4, -0.2) is 17.4 Å². The predicted octanol–water partition coefficient (Wildman–Crippen LogP) is 5.85. The van der Waals surface area contributed by atoms with Gasteiger partial charge in [0.15, 0.2) is 0 Å². The molecule has 0 radical (unpaired) electrons. The molecule has 2 aromatic carbocycles. The number of rotatable bonds is 4. The van der Waals surface area contributed by atoms with Crippen molar-refractivity contribution in [2.24, 2.45) is 5.92 Å². The van der Waals surface area contributed by atoms with Gasteiger partial charge in [-0.15, -0.1) is 0 Å². The van der Waals surface area contributed by atoms with Crippen molar-refractivity contribution in [3.05, 3.63) is 69.7 Å². The number of hydrogen-bond donors (Lipinski definition) is 0. The first-order valence-corrected chi connectivity index (χ1v) is 9.68. The van der Waals surface area contributed by atoms with Gasteiger partial charge in [0.1, 0.15) is 0 Å². The molecule has 0 spiro atoms. The van der Waals surface area contributed by atoms with Crippen molar-refractivity contribution in [1.29, 1.82) is 0 Å². The van der Waals surface area contributed by atoms with E-state index in [4.69, 9.17) is 23.2 Å². The molecule has 0 aromatic heterocycles. The van der Waals surface area contributed by atoms with Gasteiger partial charge in [-0.1, -0.05) is 47.5 Å². The average molecular weight is 374 g/mol. The minimum absolute atomic E-state index is 0.0533. The van der Waals surface area contributed by atoms with E-state index in [-0.39, 0.29) is 17.9 Å². The Morgan fingerprint density at radius 1 is 0.920 bits per heavy atom. The number of amides is 1. The fraction of sp³-hybridized carbons (Fsp3) is 0.381. The van der Waals surface area contributed by atoms with Gasteiger partial charge in [-0.2, -0.15) is 0 Å². The van der Waals surface area contributed by atoms with Crippen molar-refractivity contribution in [1.82, 2.24) is 4.90 Å². The number of nitrogens with zero attached hydrogens (tertiary/aromatic N) is 1. The smallest absolute Gasteiger partial charge is 0.223 e. The molecule has 25 heavy (non-hydrogen) atoms. The second-order valence-corrected chi connectivity index (χ2v) is 8.06. The summed E-state index contributed by atoms with van der Waals surface area (Å²) < 4.78 is 0. The molecule has 2 fully saturated rings. The summed E-state index contributed by atoms with van der Waals surface area (Å²) in [5.41, 5.74) is 2.36. The van der Waals surface area contributed by atoms with E-state index in [1.54, 1.807) is 0 Å². The average Bonchev–Trinajstić information content (AvgIpc) is 3.42. The summed E-state index contributed by atoms with van der Waals surface area (Å²) in [6.07, 6.45) is 3.93. The summed E-state index contributed by atoms with van der Waals surface area (Å²) >= 11 is 12.3. The fourth-order valence-electron chi connectivity index (χ4n) is 3.91. The minimum Gasteiger partial charge on any atom is -0.335 e. The van der Waals surface area contributed by atoms with E-state index in [1.807, 2.05) is 30.3 Å². The van der Waals surface area contributed by atoms with Crippen LogP contribution in [0, 0.1) is 5.92 Å². The second kappa shape index (κ2) is 7.01. The highest BCUT2D eigenvalue weighted by molar-refractivity contribution is 6.30. The minimum atomic E-state index is 0.0533. The Kier molecular flexibility index (Phi) is 4.75. The predicted molar refractivity (Wildman–Crippen MR) is 102 cm³/mol. The number of piperidine rings is 1. The molecular formula is C21H21Cl2NO. The molecule has 2 aromatic rings. The Morgan fingerprint density at radius 2 is 1.68 bits per heavy atom. The highest BCUT2D eigenvalue weighted by Gasteiger charge is 2.40. The molecule has 1 saturated carbocycles. The fourth-order valence-corrected chi connectivity index (χ4v) is 4.23. The van der Waals surface area contributed by atoms with Crippen molar-refractivity contribution < 1.29 is 4.79 Å². The van der Waals surface area contributed by atoms with Gasteiger partial charge < -0.3 is 4.90 Å². The summed E-state index contributed by atoms with van der Waals surface area (Å²) in [4.78, 5) is 14.8. The van der Waals surface area contributed by atoms with E-state index in [0.717, 1.165) is 28.6 Å². The molecule has 2 nitrogen and oxygen atoms in total. The zero-order chi connectivity index (χ0) is 17.4. The third kappa shape index (κ3) is 3.70. The van der Waals surface area contributed by atoms with E-state index < -0.39 is 0 Å². The number of likely N-dealkylation sites (tertiary alicyclic amines) is 1. The van der Waals surface area contributed by atoms with Crippen molar-refractivity contribution in [3.63, 3.8) is 0 Å². The van der Waals surface area contributed by atoms with E-state index in [1.165, 1.54) is 18.4 Å². The van der Waals surface area contributed by atoms with Gasteiger partial charge in [-0.05, 0) is 60.6 Å². The zero-order valence-corrected chi connectivity index (χ0v) is 15.5. The highest BCUT2D eigenvalue weighted by Crippen LogP contribution is 2.45. The molecular weight excluding hydrogens is 353 g/mol. The SMILES string of the molecule is O=C1CCC(c2cccc(Cl)c2)C(c2ccc(Cl)cc2)N1CC1CC1. The first-order chi connectivity index (χ1) is 12.1. The zero-order valence-electron chi connectivity index (χ0n) is 14.0. The lowest BCUT2D eigenvalue weighted by Crippen LogP contribution is -2.43. The molecule has 0 N–H and O–H groups in total. The molecule has 1 aliphatic heterocycles. The molecule has 1 aliphatic carbocycles. The summed E-state index contributed by atoms with van der Waals surface area (Å²) in [6.45, 7) is 0.864. The van der Waals surface area contributed by atoms with E-state index in [2.05, 4.69) is 23.1 Å². The lowest BCUT2D eigenvalue weighted by Gasteiger charge is -2.42. The Balaban J connectivity index is 1.74. The number of carbonyl (C=O) groups excluding carboxylic acids is 1. The van der Waals surface area contributed by atoms with Crippen LogP contribution in [-0.2, 0) is 4.79 Å². The Labute approximate surface area is 158 Å². The molecule has 2 unspecified atom stereocenters. The van der Waals surface area contributed by atoms with Crippen LogP contribution in [0.4, 0.5) is 0 Å². The maximum Gasteiger partial charge on any atom is 0.223 e. The van der Waals surface area contributed by atoms with Crippen LogP contribution < -0.4 is 0 Å².